The quantitative estimate of drug-likeness (QED) is 0.260. The zero-order valence-corrected chi connectivity index (χ0v) is 27.4. The normalized spacial score (nSPS) is 22.2. The van der Waals surface area contributed by atoms with Crippen LogP contribution in [0.15, 0.2) is 66.7 Å². The van der Waals surface area contributed by atoms with Gasteiger partial charge in [-0.25, -0.2) is 4.68 Å². The number of amides is 2. The molecule has 2 aromatic carbocycles. The summed E-state index contributed by atoms with van der Waals surface area (Å²) in [6.45, 7) is 1.99. The lowest BCUT2D eigenvalue weighted by Crippen LogP contribution is -2.51. The number of fused-ring (bicyclic) bond motifs is 1. The summed E-state index contributed by atoms with van der Waals surface area (Å²) in [7, 11) is 8.40. The van der Waals surface area contributed by atoms with Gasteiger partial charge in [0.2, 0.25) is 0 Å². The minimum absolute atomic E-state index is 0.0688. The number of hydrogen-bond acceptors (Lipinski definition) is 4. The molecule has 2 N–H and O–H groups in total. The first-order chi connectivity index (χ1) is 21.7. The number of carbonyl (C=O) groups excluding carboxylic acids is 2. The Hall–Kier alpha value is -3.88. The number of hydrogen-bond donors (Lipinski definition) is 2. The van der Waals surface area contributed by atoms with E-state index in [1.54, 1.807) is 0 Å². The highest BCUT2D eigenvalue weighted by Gasteiger charge is 2.32. The average Bonchev–Trinajstić information content (AvgIpc) is 3.59. The van der Waals surface area contributed by atoms with Crippen molar-refractivity contribution < 1.29 is 9.59 Å². The fourth-order valence-electron chi connectivity index (χ4n) is 7.70. The fraction of sp³-hybridized carbons (Fsp3) is 0.459. The molecule has 2 amide bonds. The van der Waals surface area contributed by atoms with Crippen LogP contribution in [-0.4, -0.2) is 83.3 Å². The van der Waals surface area contributed by atoms with Crippen LogP contribution in [0.5, 0.6) is 0 Å². The number of aromatic nitrogens is 2. The van der Waals surface area contributed by atoms with Crippen molar-refractivity contribution in [3.05, 3.63) is 83.7 Å². The van der Waals surface area contributed by atoms with Gasteiger partial charge in [-0.3, -0.25) is 14.3 Å². The van der Waals surface area contributed by atoms with E-state index >= 15 is 0 Å². The molecule has 4 atom stereocenters. The number of nitrogens with one attached hydrogen (secondary N) is 2. The molecule has 2 aliphatic carbocycles. The summed E-state index contributed by atoms with van der Waals surface area (Å²) < 4.78 is 4.08. The number of benzene rings is 2. The van der Waals surface area contributed by atoms with Gasteiger partial charge in [-0.15, -0.1) is 0 Å². The van der Waals surface area contributed by atoms with Gasteiger partial charge >= 0.3 is 0 Å². The summed E-state index contributed by atoms with van der Waals surface area (Å²) >= 11 is 0. The Morgan fingerprint density at radius 2 is 1.24 bits per heavy atom. The fourth-order valence-corrected chi connectivity index (χ4v) is 7.70. The first-order valence-electron chi connectivity index (χ1n) is 16.6. The van der Waals surface area contributed by atoms with Crippen LogP contribution in [0.3, 0.4) is 0 Å². The zero-order chi connectivity index (χ0) is 31.7. The van der Waals surface area contributed by atoms with Crippen LogP contribution in [0, 0.1) is 6.92 Å². The molecule has 6 rings (SSSR count). The molecule has 0 bridgehead atoms. The van der Waals surface area contributed by atoms with Crippen molar-refractivity contribution in [3.63, 3.8) is 0 Å². The summed E-state index contributed by atoms with van der Waals surface area (Å²) in [6.07, 6.45) is 8.69. The molecular formula is C37H48N6O2. The standard InChI is InChI=1S/C37H48N6O2/c1-25-28(36(44)38-29-18-10-13-21-32(29)40(2)3)24-34(26-15-7-6-8-16-26)42(25)43-31-20-12-9-17-27(31)23-35(43)37(45)39-30-19-11-14-22-33(30)41(4)5/h6-9,12,15-17,20,23-24,29-30,32-33H,10-11,13-14,18-19,21-22H2,1-5H3,(H,38,44)(H,39,45). The Bertz CT molecular complexity index is 1650. The van der Waals surface area contributed by atoms with Crippen LogP contribution in [0.2, 0.25) is 0 Å². The summed E-state index contributed by atoms with van der Waals surface area (Å²) in [5.41, 5.74) is 4.74. The van der Waals surface area contributed by atoms with E-state index in [0.29, 0.717) is 23.3 Å². The molecule has 8 nitrogen and oxygen atoms in total. The Morgan fingerprint density at radius 3 is 1.87 bits per heavy atom. The van der Waals surface area contributed by atoms with Gasteiger partial charge in [0, 0.05) is 35.1 Å². The Balaban J connectivity index is 1.46. The molecule has 4 aromatic rings. The first-order valence-corrected chi connectivity index (χ1v) is 16.6. The van der Waals surface area contributed by atoms with Gasteiger partial charge < -0.3 is 20.4 Å². The lowest BCUT2D eigenvalue weighted by atomic mass is 9.89. The topological polar surface area (TPSA) is 74.5 Å². The zero-order valence-electron chi connectivity index (χ0n) is 27.4. The predicted octanol–water partition coefficient (Wildman–Crippen LogP) is 5.93. The van der Waals surface area contributed by atoms with E-state index < -0.39 is 0 Å². The van der Waals surface area contributed by atoms with Gasteiger partial charge in [-0.2, -0.15) is 0 Å². The lowest BCUT2D eigenvalue weighted by molar-refractivity contribution is 0.0870. The third-order valence-electron chi connectivity index (χ3n) is 10.1. The van der Waals surface area contributed by atoms with Gasteiger partial charge in [0.15, 0.2) is 0 Å². The largest absolute Gasteiger partial charge is 0.348 e. The minimum atomic E-state index is -0.0981. The van der Waals surface area contributed by atoms with Gasteiger partial charge in [-0.1, -0.05) is 74.2 Å². The van der Waals surface area contributed by atoms with Gasteiger partial charge in [0.05, 0.1) is 22.5 Å². The second-order valence-corrected chi connectivity index (χ2v) is 13.4. The van der Waals surface area contributed by atoms with Crippen molar-refractivity contribution in [2.75, 3.05) is 28.2 Å². The minimum Gasteiger partial charge on any atom is -0.348 e. The molecule has 0 saturated heterocycles. The lowest BCUT2D eigenvalue weighted by Gasteiger charge is -2.36. The van der Waals surface area contributed by atoms with Crippen LogP contribution in [0.25, 0.3) is 22.2 Å². The molecule has 4 unspecified atom stereocenters. The van der Waals surface area contributed by atoms with Crippen molar-refractivity contribution >= 4 is 22.7 Å². The second-order valence-electron chi connectivity index (χ2n) is 13.4. The molecule has 0 radical (unpaired) electrons. The Labute approximate surface area is 267 Å². The number of nitrogens with zero attached hydrogens (tertiary/aromatic N) is 4. The van der Waals surface area contributed by atoms with Crippen LogP contribution in [0.4, 0.5) is 0 Å². The molecule has 2 aromatic heterocycles. The van der Waals surface area contributed by atoms with E-state index in [0.717, 1.165) is 66.4 Å². The monoisotopic (exact) mass is 608 g/mol. The van der Waals surface area contributed by atoms with E-state index in [1.807, 2.05) is 66.2 Å². The van der Waals surface area contributed by atoms with Crippen molar-refractivity contribution in [1.82, 2.24) is 29.8 Å². The molecule has 45 heavy (non-hydrogen) atoms. The second kappa shape index (κ2) is 13.2. The highest BCUT2D eigenvalue weighted by Crippen LogP contribution is 2.31. The van der Waals surface area contributed by atoms with Crippen molar-refractivity contribution in [3.8, 4) is 11.3 Å². The maximum atomic E-state index is 14.3. The summed E-state index contributed by atoms with van der Waals surface area (Å²) in [6, 6.07) is 23.0. The molecule has 8 heteroatoms. The Morgan fingerprint density at radius 1 is 0.689 bits per heavy atom. The number of rotatable bonds is 8. The SMILES string of the molecule is Cc1c(C(=O)NC2CCCCC2N(C)C)cc(-c2ccccc2)n1-n1c(C(=O)NC2CCCCC2N(C)C)cc2ccccc21. The summed E-state index contributed by atoms with van der Waals surface area (Å²) in [5, 5.41) is 7.80. The van der Waals surface area contributed by atoms with E-state index in [2.05, 4.69) is 65.4 Å². The highest BCUT2D eigenvalue weighted by molar-refractivity contribution is 6.00. The molecule has 0 spiro atoms. The number of likely N-dealkylation sites (N-methyl/N-ethyl adjacent to an activating group) is 2. The Kier molecular flexibility index (Phi) is 9.15. The molecule has 2 aliphatic rings. The maximum Gasteiger partial charge on any atom is 0.270 e. The summed E-state index contributed by atoms with van der Waals surface area (Å²) in [4.78, 5) is 32.8. The smallest absolute Gasteiger partial charge is 0.270 e. The van der Waals surface area contributed by atoms with Crippen LogP contribution in [0.1, 0.15) is 77.9 Å². The van der Waals surface area contributed by atoms with Crippen molar-refractivity contribution in [1.29, 1.82) is 0 Å². The van der Waals surface area contributed by atoms with Gasteiger partial charge in [-0.05, 0) is 79.0 Å². The molecule has 238 valence electrons. The van der Waals surface area contributed by atoms with Gasteiger partial charge in [0.25, 0.3) is 11.8 Å². The van der Waals surface area contributed by atoms with Crippen LogP contribution in [-0.2, 0) is 0 Å². The van der Waals surface area contributed by atoms with Crippen molar-refractivity contribution in [2.24, 2.45) is 0 Å². The highest BCUT2D eigenvalue weighted by atomic mass is 16.2. The van der Waals surface area contributed by atoms with Crippen LogP contribution < -0.4 is 10.6 Å². The van der Waals surface area contributed by atoms with E-state index in [9.17, 15) is 9.59 Å². The van der Waals surface area contributed by atoms with Gasteiger partial charge in [0.1, 0.15) is 5.69 Å². The molecule has 2 saturated carbocycles. The van der Waals surface area contributed by atoms with E-state index in [4.69, 9.17) is 0 Å². The molecule has 2 fully saturated rings. The van der Waals surface area contributed by atoms with Crippen LogP contribution >= 0.6 is 0 Å². The summed E-state index contributed by atoms with van der Waals surface area (Å²) in [5.74, 6) is -0.167. The van der Waals surface area contributed by atoms with E-state index in [1.165, 1.54) is 12.8 Å². The number of carbonyl (C=O) groups is 2. The van der Waals surface area contributed by atoms with Crippen molar-refractivity contribution in [2.45, 2.75) is 82.5 Å². The van der Waals surface area contributed by atoms with E-state index in [-0.39, 0.29) is 23.9 Å². The maximum absolute atomic E-state index is 14.3. The molecule has 2 heterocycles. The molecule has 0 aliphatic heterocycles. The average molecular weight is 609 g/mol. The predicted molar refractivity (Wildman–Crippen MR) is 182 cm³/mol. The third-order valence-corrected chi connectivity index (χ3v) is 10.1. The number of para-hydroxylation sites is 1. The first kappa shape index (κ1) is 31.1. The third kappa shape index (κ3) is 6.18. The molecular weight excluding hydrogens is 560 g/mol.